The van der Waals surface area contributed by atoms with Gasteiger partial charge >= 0.3 is 0 Å². The normalized spacial score (nSPS) is 18.0. The minimum Gasteiger partial charge on any atom is -0.369 e. The molecule has 0 bridgehead atoms. The molecule has 0 saturated heterocycles. The van der Waals surface area contributed by atoms with Crippen molar-refractivity contribution in [2.45, 2.75) is 13.0 Å². The number of aliphatic imine (C=N–C) groups is 1. The van der Waals surface area contributed by atoms with Crippen molar-refractivity contribution in [3.05, 3.63) is 63.9 Å². The number of nitrogens with zero attached hydrogens (tertiary/aromatic N) is 2. The van der Waals surface area contributed by atoms with Gasteiger partial charge in [-0.2, -0.15) is 0 Å². The molecule has 21 heavy (non-hydrogen) atoms. The maximum Gasteiger partial charge on any atom is 0.196 e. The summed E-state index contributed by atoms with van der Waals surface area (Å²) < 4.78 is 14.6. The molecular formula is C16H15BrFN3. The number of rotatable bonds is 2. The van der Waals surface area contributed by atoms with E-state index in [0.717, 1.165) is 21.3 Å². The van der Waals surface area contributed by atoms with Gasteiger partial charge in [-0.05, 0) is 48.4 Å². The number of nitrogens with two attached hydrogens (primary N) is 1. The molecule has 5 heteroatoms. The highest BCUT2D eigenvalue weighted by Crippen LogP contribution is 2.34. The molecule has 2 aromatic carbocycles. The second kappa shape index (κ2) is 5.48. The van der Waals surface area contributed by atoms with Crippen LogP contribution in [-0.2, 0) is 0 Å². The molecule has 1 unspecified atom stereocenters. The van der Waals surface area contributed by atoms with E-state index in [9.17, 15) is 4.39 Å². The monoisotopic (exact) mass is 347 g/mol. The van der Waals surface area contributed by atoms with Crippen LogP contribution in [0.2, 0.25) is 0 Å². The van der Waals surface area contributed by atoms with E-state index in [-0.39, 0.29) is 11.9 Å². The van der Waals surface area contributed by atoms with Gasteiger partial charge in [-0.3, -0.25) is 4.99 Å². The Morgan fingerprint density at radius 2 is 2.10 bits per heavy atom. The Kier molecular flexibility index (Phi) is 3.68. The molecule has 108 valence electrons. The molecule has 0 amide bonds. The van der Waals surface area contributed by atoms with E-state index in [4.69, 9.17) is 5.73 Å². The lowest BCUT2D eigenvalue weighted by Gasteiger charge is -2.28. The minimum absolute atomic E-state index is 0.0741. The average Bonchev–Trinajstić information content (AvgIpc) is 2.83. The fourth-order valence-electron chi connectivity index (χ4n) is 2.64. The molecule has 0 aliphatic carbocycles. The van der Waals surface area contributed by atoms with Crippen molar-refractivity contribution < 1.29 is 4.39 Å². The third kappa shape index (κ3) is 2.65. The van der Waals surface area contributed by atoms with Crippen LogP contribution in [0, 0.1) is 12.7 Å². The second-order valence-electron chi connectivity index (χ2n) is 5.07. The van der Waals surface area contributed by atoms with Gasteiger partial charge in [0.25, 0.3) is 0 Å². The van der Waals surface area contributed by atoms with E-state index in [2.05, 4.69) is 20.9 Å². The number of aryl methyl sites for hydroxylation is 1. The van der Waals surface area contributed by atoms with Crippen molar-refractivity contribution in [1.29, 1.82) is 0 Å². The highest BCUT2D eigenvalue weighted by atomic mass is 79.9. The number of hydrogen-bond donors (Lipinski definition) is 1. The van der Waals surface area contributed by atoms with Crippen molar-refractivity contribution in [3.63, 3.8) is 0 Å². The predicted molar refractivity (Wildman–Crippen MR) is 87.0 cm³/mol. The largest absolute Gasteiger partial charge is 0.369 e. The quantitative estimate of drug-likeness (QED) is 0.898. The number of hydrogen-bond acceptors (Lipinski definition) is 3. The number of halogens is 2. The molecule has 0 spiro atoms. The Bertz CT molecular complexity index is 714. The summed E-state index contributed by atoms with van der Waals surface area (Å²) in [5.74, 6) is 0.219. The molecule has 1 heterocycles. The average molecular weight is 348 g/mol. The molecule has 1 atom stereocenters. The molecule has 0 fully saturated rings. The summed E-state index contributed by atoms with van der Waals surface area (Å²) in [6.07, 6.45) is 0. The Morgan fingerprint density at radius 3 is 2.86 bits per heavy atom. The highest BCUT2D eigenvalue weighted by Gasteiger charge is 2.30. The lowest BCUT2D eigenvalue weighted by Crippen LogP contribution is -2.36. The molecule has 0 aromatic heterocycles. The SMILES string of the molecule is Cc1ccc(F)cc1C1CN=C(N)N1c1cccc(Br)c1. The second-order valence-corrected chi connectivity index (χ2v) is 5.98. The third-order valence-corrected chi connectivity index (χ3v) is 4.16. The van der Waals surface area contributed by atoms with Crippen molar-refractivity contribution in [3.8, 4) is 0 Å². The van der Waals surface area contributed by atoms with E-state index in [1.54, 1.807) is 12.1 Å². The molecule has 3 nitrogen and oxygen atoms in total. The first kappa shape index (κ1) is 14.1. The van der Waals surface area contributed by atoms with Gasteiger partial charge in [0.15, 0.2) is 5.96 Å². The minimum atomic E-state index is -0.240. The Hall–Kier alpha value is -1.88. The molecule has 3 rings (SSSR count). The van der Waals surface area contributed by atoms with Crippen LogP contribution in [0.1, 0.15) is 17.2 Å². The Labute approximate surface area is 131 Å². The highest BCUT2D eigenvalue weighted by molar-refractivity contribution is 9.10. The first-order valence-electron chi connectivity index (χ1n) is 6.67. The molecule has 2 aromatic rings. The van der Waals surface area contributed by atoms with E-state index in [0.29, 0.717) is 12.5 Å². The van der Waals surface area contributed by atoms with Crippen molar-refractivity contribution in [2.75, 3.05) is 11.4 Å². The van der Waals surface area contributed by atoms with Gasteiger partial charge in [-0.15, -0.1) is 0 Å². The molecular weight excluding hydrogens is 333 g/mol. The summed E-state index contributed by atoms with van der Waals surface area (Å²) in [5.41, 5.74) is 8.93. The molecule has 1 aliphatic rings. The molecule has 0 saturated carbocycles. The van der Waals surface area contributed by atoms with E-state index >= 15 is 0 Å². The summed E-state index contributed by atoms with van der Waals surface area (Å²) in [7, 11) is 0. The zero-order valence-corrected chi connectivity index (χ0v) is 13.1. The Balaban J connectivity index is 2.05. The first-order chi connectivity index (χ1) is 10.1. The van der Waals surface area contributed by atoms with Crippen molar-refractivity contribution in [1.82, 2.24) is 0 Å². The Morgan fingerprint density at radius 1 is 1.29 bits per heavy atom. The fourth-order valence-corrected chi connectivity index (χ4v) is 3.03. The van der Waals surface area contributed by atoms with Crippen LogP contribution in [0.4, 0.5) is 10.1 Å². The predicted octanol–water partition coefficient (Wildman–Crippen LogP) is 3.77. The molecule has 2 N–H and O–H groups in total. The number of guanidine groups is 1. The summed E-state index contributed by atoms with van der Waals surface area (Å²) in [4.78, 5) is 6.29. The summed E-state index contributed by atoms with van der Waals surface area (Å²) in [5, 5.41) is 0. The van der Waals surface area contributed by atoms with Crippen LogP contribution < -0.4 is 10.6 Å². The topological polar surface area (TPSA) is 41.6 Å². The van der Waals surface area contributed by atoms with Crippen LogP contribution in [0.3, 0.4) is 0 Å². The van der Waals surface area contributed by atoms with Gasteiger partial charge < -0.3 is 10.6 Å². The number of benzene rings is 2. The van der Waals surface area contributed by atoms with Gasteiger partial charge in [0.2, 0.25) is 0 Å². The fraction of sp³-hybridized carbons (Fsp3) is 0.188. The van der Waals surface area contributed by atoms with Gasteiger partial charge in [-0.1, -0.05) is 28.1 Å². The lowest BCUT2D eigenvalue weighted by molar-refractivity contribution is 0.620. The zero-order valence-electron chi connectivity index (χ0n) is 11.6. The van der Waals surface area contributed by atoms with E-state index < -0.39 is 0 Å². The molecule has 0 radical (unpaired) electrons. The van der Waals surface area contributed by atoms with Gasteiger partial charge in [0.05, 0.1) is 12.6 Å². The summed E-state index contributed by atoms with van der Waals surface area (Å²) >= 11 is 3.46. The van der Waals surface area contributed by atoms with Crippen LogP contribution in [0.15, 0.2) is 51.9 Å². The summed E-state index contributed by atoms with van der Waals surface area (Å²) in [6, 6.07) is 12.6. The van der Waals surface area contributed by atoms with E-state index in [1.165, 1.54) is 6.07 Å². The molecule has 1 aliphatic heterocycles. The lowest BCUT2D eigenvalue weighted by atomic mass is 10.00. The van der Waals surface area contributed by atoms with Crippen molar-refractivity contribution >= 4 is 27.6 Å². The maximum absolute atomic E-state index is 13.6. The van der Waals surface area contributed by atoms with Crippen LogP contribution in [0.25, 0.3) is 0 Å². The zero-order chi connectivity index (χ0) is 15.0. The smallest absolute Gasteiger partial charge is 0.196 e. The van der Waals surface area contributed by atoms with Crippen molar-refractivity contribution in [2.24, 2.45) is 10.7 Å². The van der Waals surface area contributed by atoms with Crippen LogP contribution in [-0.4, -0.2) is 12.5 Å². The first-order valence-corrected chi connectivity index (χ1v) is 7.46. The van der Waals surface area contributed by atoms with E-state index in [1.807, 2.05) is 36.1 Å². The third-order valence-electron chi connectivity index (χ3n) is 3.67. The standard InChI is InChI=1S/C16H15BrFN3/c1-10-5-6-12(18)8-14(10)15-9-20-16(19)21(15)13-4-2-3-11(17)7-13/h2-8,15H,9H2,1H3,(H2,19,20). The summed E-state index contributed by atoms with van der Waals surface area (Å²) in [6.45, 7) is 2.50. The van der Waals surface area contributed by atoms with Crippen LogP contribution in [0.5, 0.6) is 0 Å². The maximum atomic E-state index is 13.6. The van der Waals surface area contributed by atoms with Gasteiger partial charge in [0, 0.05) is 10.2 Å². The van der Waals surface area contributed by atoms with Gasteiger partial charge in [-0.25, -0.2) is 4.39 Å². The van der Waals surface area contributed by atoms with Crippen LogP contribution >= 0.6 is 15.9 Å². The number of anilines is 1. The van der Waals surface area contributed by atoms with Gasteiger partial charge in [0.1, 0.15) is 5.82 Å².